The number of phenols is 1. The Hall–Kier alpha value is -2.36. The molecule has 2 aromatic rings. The quantitative estimate of drug-likeness (QED) is 0.923. The minimum absolute atomic E-state index is 0.213. The number of aromatic hydroxyl groups is 1. The minimum atomic E-state index is -0.446. The van der Waals surface area contributed by atoms with E-state index in [-0.39, 0.29) is 11.7 Å². The van der Waals surface area contributed by atoms with Gasteiger partial charge in [-0.2, -0.15) is 0 Å². The lowest BCUT2D eigenvalue weighted by Crippen LogP contribution is -2.45. The van der Waals surface area contributed by atoms with E-state index in [2.05, 4.69) is 11.1 Å². The van der Waals surface area contributed by atoms with Crippen LogP contribution in [0.4, 0.5) is 0 Å². The first-order chi connectivity index (χ1) is 12.0. The van der Waals surface area contributed by atoms with Crippen molar-refractivity contribution < 1.29 is 9.90 Å². The van der Waals surface area contributed by atoms with Gasteiger partial charge in [0.1, 0.15) is 5.75 Å². The fourth-order valence-corrected chi connectivity index (χ4v) is 3.66. The molecular weight excluding hydrogens is 312 g/mol. The van der Waals surface area contributed by atoms with Crippen LogP contribution < -0.4 is 0 Å². The summed E-state index contributed by atoms with van der Waals surface area (Å²) in [5, 5.41) is 9.41. The molecule has 0 radical (unpaired) electrons. The molecule has 0 bridgehead atoms. The third-order valence-electron chi connectivity index (χ3n) is 5.10. The number of rotatable bonds is 4. The number of nitrogens with zero attached hydrogens (tertiary/aromatic N) is 2. The molecule has 1 saturated heterocycles. The van der Waals surface area contributed by atoms with Crippen LogP contribution in [0, 0.1) is 5.41 Å². The van der Waals surface area contributed by atoms with Gasteiger partial charge in [0.2, 0.25) is 5.91 Å². The summed E-state index contributed by atoms with van der Waals surface area (Å²) in [4.78, 5) is 19.2. The Kier molecular flexibility index (Phi) is 5.07. The monoisotopic (exact) mass is 338 g/mol. The van der Waals surface area contributed by atoms with Crippen LogP contribution in [0.25, 0.3) is 0 Å². The van der Waals surface area contributed by atoms with Gasteiger partial charge in [-0.25, -0.2) is 0 Å². The van der Waals surface area contributed by atoms with Gasteiger partial charge in [0.25, 0.3) is 0 Å². The molecule has 1 aromatic heterocycles. The third kappa shape index (κ3) is 4.19. The van der Waals surface area contributed by atoms with E-state index >= 15 is 0 Å². The predicted octanol–water partition coefficient (Wildman–Crippen LogP) is 3.76. The van der Waals surface area contributed by atoms with Gasteiger partial charge in [-0.3, -0.25) is 9.78 Å². The summed E-state index contributed by atoms with van der Waals surface area (Å²) < 4.78 is 0. The lowest BCUT2D eigenvalue weighted by Gasteiger charge is -2.37. The Bertz CT molecular complexity index is 702. The van der Waals surface area contributed by atoms with Crippen LogP contribution in [0.5, 0.6) is 5.75 Å². The van der Waals surface area contributed by atoms with Gasteiger partial charge in [-0.1, -0.05) is 32.0 Å². The lowest BCUT2D eigenvalue weighted by molar-refractivity contribution is -0.141. The minimum Gasteiger partial charge on any atom is -0.508 e. The first-order valence-corrected chi connectivity index (χ1v) is 8.93. The molecule has 132 valence electrons. The van der Waals surface area contributed by atoms with Gasteiger partial charge in [0.15, 0.2) is 0 Å². The number of hydrogen-bond donors (Lipinski definition) is 1. The van der Waals surface area contributed by atoms with Gasteiger partial charge >= 0.3 is 0 Å². The number of carbonyl (C=O) groups is 1. The topological polar surface area (TPSA) is 53.4 Å². The molecule has 2 heterocycles. The second-order valence-corrected chi connectivity index (χ2v) is 7.58. The highest BCUT2D eigenvalue weighted by Crippen LogP contribution is 2.31. The number of piperidine rings is 1. The Balaban J connectivity index is 1.60. The Morgan fingerprint density at radius 2 is 1.88 bits per heavy atom. The zero-order valence-corrected chi connectivity index (χ0v) is 15.0. The number of likely N-dealkylation sites (tertiary alicyclic amines) is 1. The summed E-state index contributed by atoms with van der Waals surface area (Å²) in [6.07, 6.45) is 6.40. The molecule has 4 heteroatoms. The van der Waals surface area contributed by atoms with Crippen molar-refractivity contribution in [2.24, 2.45) is 5.41 Å². The molecule has 1 N–H and O–H groups in total. The Labute approximate surface area is 149 Å². The smallest absolute Gasteiger partial charge is 0.228 e. The van der Waals surface area contributed by atoms with Crippen LogP contribution in [-0.4, -0.2) is 34.0 Å². The molecular formula is C21H26N2O2. The van der Waals surface area contributed by atoms with E-state index in [1.54, 1.807) is 18.3 Å². The highest BCUT2D eigenvalue weighted by molar-refractivity contribution is 5.82. The molecule has 4 nitrogen and oxygen atoms in total. The zero-order valence-electron chi connectivity index (χ0n) is 15.0. The Morgan fingerprint density at radius 1 is 1.20 bits per heavy atom. The number of hydrogen-bond acceptors (Lipinski definition) is 3. The number of phenolic OH excluding ortho intramolecular Hbond substituents is 1. The van der Waals surface area contributed by atoms with Crippen molar-refractivity contribution in [1.29, 1.82) is 0 Å². The maximum Gasteiger partial charge on any atom is 0.228 e. The molecule has 25 heavy (non-hydrogen) atoms. The second-order valence-electron chi connectivity index (χ2n) is 7.58. The van der Waals surface area contributed by atoms with Crippen molar-refractivity contribution >= 4 is 5.91 Å². The largest absolute Gasteiger partial charge is 0.508 e. The molecule has 0 spiro atoms. The van der Waals surface area contributed by atoms with Crippen LogP contribution in [0.3, 0.4) is 0 Å². The SMILES string of the molecule is CC(C)(Cc1ccc(O)cc1)C(=O)N1CCC(c2cccnc2)CC1. The van der Waals surface area contributed by atoms with Gasteiger partial charge in [-0.05, 0) is 54.5 Å². The van der Waals surface area contributed by atoms with Crippen LogP contribution in [0.1, 0.15) is 43.7 Å². The van der Waals surface area contributed by atoms with Gasteiger partial charge < -0.3 is 10.0 Å². The maximum atomic E-state index is 13.0. The zero-order chi connectivity index (χ0) is 17.9. The fourth-order valence-electron chi connectivity index (χ4n) is 3.66. The molecule has 1 aliphatic rings. The fraction of sp³-hybridized carbons (Fsp3) is 0.429. The van der Waals surface area contributed by atoms with Crippen LogP contribution >= 0.6 is 0 Å². The average molecular weight is 338 g/mol. The maximum absolute atomic E-state index is 13.0. The predicted molar refractivity (Wildman–Crippen MR) is 98.4 cm³/mol. The van der Waals surface area contributed by atoms with Crippen molar-refractivity contribution in [3.8, 4) is 5.75 Å². The first-order valence-electron chi connectivity index (χ1n) is 8.93. The van der Waals surface area contributed by atoms with Crippen molar-refractivity contribution in [2.45, 2.75) is 39.0 Å². The summed E-state index contributed by atoms with van der Waals surface area (Å²) in [6, 6.07) is 11.2. The van der Waals surface area contributed by atoms with Crippen molar-refractivity contribution in [2.75, 3.05) is 13.1 Å². The van der Waals surface area contributed by atoms with E-state index in [1.807, 2.05) is 43.1 Å². The third-order valence-corrected chi connectivity index (χ3v) is 5.10. The van der Waals surface area contributed by atoms with Crippen molar-refractivity contribution in [1.82, 2.24) is 9.88 Å². The van der Waals surface area contributed by atoms with Crippen molar-refractivity contribution in [3.05, 3.63) is 59.9 Å². The molecule has 1 aliphatic heterocycles. The number of aromatic nitrogens is 1. The van der Waals surface area contributed by atoms with E-state index in [1.165, 1.54) is 5.56 Å². The Morgan fingerprint density at radius 3 is 2.48 bits per heavy atom. The number of pyridine rings is 1. The molecule has 0 atom stereocenters. The summed E-state index contributed by atoms with van der Waals surface area (Å²) in [6.45, 7) is 5.62. The van der Waals surface area contributed by atoms with E-state index in [4.69, 9.17) is 0 Å². The summed E-state index contributed by atoms with van der Waals surface area (Å²) in [5.41, 5.74) is 1.90. The summed E-state index contributed by atoms with van der Waals surface area (Å²) in [5.74, 6) is 0.966. The molecule has 1 amide bonds. The summed E-state index contributed by atoms with van der Waals surface area (Å²) in [7, 11) is 0. The highest BCUT2D eigenvalue weighted by Gasteiger charge is 2.34. The lowest BCUT2D eigenvalue weighted by atomic mass is 9.82. The normalized spacial score (nSPS) is 16.0. The number of carbonyl (C=O) groups excluding carboxylic acids is 1. The first kappa shape index (κ1) is 17.5. The van der Waals surface area contributed by atoms with Crippen LogP contribution in [0.15, 0.2) is 48.8 Å². The van der Waals surface area contributed by atoms with Gasteiger partial charge in [0, 0.05) is 30.9 Å². The molecule has 0 aliphatic carbocycles. The van der Waals surface area contributed by atoms with Crippen molar-refractivity contribution in [3.63, 3.8) is 0 Å². The van der Waals surface area contributed by atoms with E-state index in [0.29, 0.717) is 12.3 Å². The van der Waals surface area contributed by atoms with Crippen LogP contribution in [0.2, 0.25) is 0 Å². The standard InChI is InChI=1S/C21H26N2O2/c1-21(2,14-16-5-7-19(24)8-6-16)20(25)23-12-9-17(10-13-23)18-4-3-11-22-15-18/h3-8,11,15,17,24H,9-10,12-14H2,1-2H3. The van der Waals surface area contributed by atoms with E-state index in [9.17, 15) is 9.90 Å². The van der Waals surface area contributed by atoms with Crippen LogP contribution in [-0.2, 0) is 11.2 Å². The number of benzene rings is 1. The number of amides is 1. The summed E-state index contributed by atoms with van der Waals surface area (Å²) >= 11 is 0. The molecule has 0 saturated carbocycles. The van der Waals surface area contributed by atoms with E-state index < -0.39 is 5.41 Å². The molecule has 1 aromatic carbocycles. The average Bonchev–Trinajstić information content (AvgIpc) is 2.64. The van der Waals surface area contributed by atoms with Gasteiger partial charge in [0.05, 0.1) is 0 Å². The molecule has 0 unspecified atom stereocenters. The second kappa shape index (κ2) is 7.26. The highest BCUT2D eigenvalue weighted by atomic mass is 16.3. The van der Waals surface area contributed by atoms with Gasteiger partial charge in [-0.15, -0.1) is 0 Å². The molecule has 1 fully saturated rings. The van der Waals surface area contributed by atoms with E-state index in [0.717, 1.165) is 31.5 Å². The molecule has 3 rings (SSSR count).